The maximum absolute atomic E-state index is 11.4. The van der Waals surface area contributed by atoms with Gasteiger partial charge in [-0.1, -0.05) is 47.1 Å². The van der Waals surface area contributed by atoms with E-state index in [1.165, 1.54) is 5.57 Å². The molecular formula is C18H34O3Si. The Labute approximate surface area is 137 Å². The van der Waals surface area contributed by atoms with Gasteiger partial charge in [0.1, 0.15) is 0 Å². The molecule has 0 radical (unpaired) electrons. The molecule has 0 amide bonds. The molecule has 1 atom stereocenters. The van der Waals surface area contributed by atoms with E-state index >= 15 is 0 Å². The fourth-order valence-electron chi connectivity index (χ4n) is 3.90. The fraction of sp³-hybridized carbons (Fsp3) is 0.833. The van der Waals surface area contributed by atoms with Crippen LogP contribution in [0.15, 0.2) is 11.6 Å². The molecule has 22 heavy (non-hydrogen) atoms. The number of ether oxygens (including phenoxy) is 1. The SMILES string of the molecule is CCOC(=O)/C=C1/CC1CCO[Si](C(C)C)(C(C)C)C(C)C. The summed E-state index contributed by atoms with van der Waals surface area (Å²) < 4.78 is 11.5. The molecule has 0 N–H and O–H groups in total. The lowest BCUT2D eigenvalue weighted by Gasteiger charge is -2.42. The number of allylic oxidation sites excluding steroid dienone is 1. The predicted molar refractivity (Wildman–Crippen MR) is 94.4 cm³/mol. The van der Waals surface area contributed by atoms with E-state index in [4.69, 9.17) is 9.16 Å². The highest BCUT2D eigenvalue weighted by atomic mass is 28.4. The summed E-state index contributed by atoms with van der Waals surface area (Å²) in [6, 6.07) is 0. The van der Waals surface area contributed by atoms with E-state index in [-0.39, 0.29) is 5.97 Å². The summed E-state index contributed by atoms with van der Waals surface area (Å²) in [5, 5.41) is 0. The van der Waals surface area contributed by atoms with Crippen molar-refractivity contribution in [1.82, 2.24) is 0 Å². The van der Waals surface area contributed by atoms with Crippen LogP contribution >= 0.6 is 0 Å². The van der Waals surface area contributed by atoms with Crippen molar-refractivity contribution in [2.24, 2.45) is 5.92 Å². The zero-order valence-corrected chi connectivity index (χ0v) is 16.4. The van der Waals surface area contributed by atoms with Crippen LogP contribution in [0.1, 0.15) is 61.3 Å². The average Bonchev–Trinajstić information content (AvgIpc) is 3.11. The predicted octanol–water partition coefficient (Wildman–Crippen LogP) is 5.08. The van der Waals surface area contributed by atoms with Crippen molar-refractivity contribution >= 4 is 14.3 Å². The Hall–Kier alpha value is -0.613. The van der Waals surface area contributed by atoms with Crippen molar-refractivity contribution in [2.45, 2.75) is 77.9 Å². The van der Waals surface area contributed by atoms with Crippen LogP contribution in [0.25, 0.3) is 0 Å². The number of rotatable bonds is 9. The van der Waals surface area contributed by atoms with Gasteiger partial charge in [0.2, 0.25) is 0 Å². The molecular weight excluding hydrogens is 292 g/mol. The Morgan fingerprint density at radius 2 is 1.73 bits per heavy atom. The Balaban J connectivity index is 2.51. The van der Waals surface area contributed by atoms with Gasteiger partial charge >= 0.3 is 5.97 Å². The van der Waals surface area contributed by atoms with Crippen molar-refractivity contribution in [1.29, 1.82) is 0 Å². The minimum atomic E-state index is -1.74. The number of hydrogen-bond acceptors (Lipinski definition) is 3. The van der Waals surface area contributed by atoms with Crippen LogP contribution in [-0.4, -0.2) is 27.5 Å². The fourth-order valence-corrected chi connectivity index (χ4v) is 9.37. The quantitative estimate of drug-likeness (QED) is 0.337. The molecule has 0 bridgehead atoms. The van der Waals surface area contributed by atoms with Crippen molar-refractivity contribution in [3.8, 4) is 0 Å². The lowest BCUT2D eigenvalue weighted by atomic mass is 10.3. The summed E-state index contributed by atoms with van der Waals surface area (Å²) in [7, 11) is -1.74. The first-order valence-electron chi connectivity index (χ1n) is 8.76. The van der Waals surface area contributed by atoms with Gasteiger partial charge in [-0.05, 0) is 42.3 Å². The molecule has 1 saturated carbocycles. The zero-order valence-electron chi connectivity index (χ0n) is 15.4. The highest BCUT2D eigenvalue weighted by Crippen LogP contribution is 2.44. The molecule has 1 aliphatic rings. The second kappa shape index (κ2) is 8.30. The smallest absolute Gasteiger partial charge is 0.330 e. The molecule has 0 spiro atoms. The van der Waals surface area contributed by atoms with Gasteiger partial charge in [-0.15, -0.1) is 0 Å². The maximum atomic E-state index is 11.4. The van der Waals surface area contributed by atoms with Crippen LogP contribution in [0, 0.1) is 5.92 Å². The van der Waals surface area contributed by atoms with Crippen LogP contribution in [0.3, 0.4) is 0 Å². The number of esters is 1. The first kappa shape index (κ1) is 19.4. The second-order valence-corrected chi connectivity index (χ2v) is 12.8. The molecule has 0 saturated heterocycles. The largest absolute Gasteiger partial charge is 0.463 e. The van der Waals surface area contributed by atoms with Gasteiger partial charge in [0.05, 0.1) is 6.61 Å². The molecule has 1 rings (SSSR count). The molecule has 0 aromatic heterocycles. The van der Waals surface area contributed by atoms with Gasteiger partial charge < -0.3 is 9.16 Å². The van der Waals surface area contributed by atoms with Gasteiger partial charge in [-0.2, -0.15) is 0 Å². The van der Waals surface area contributed by atoms with E-state index in [1.54, 1.807) is 6.08 Å². The molecule has 128 valence electrons. The van der Waals surface area contributed by atoms with Crippen LogP contribution in [-0.2, 0) is 14.0 Å². The van der Waals surface area contributed by atoms with Crippen LogP contribution in [0.4, 0.5) is 0 Å². The molecule has 0 aromatic rings. The van der Waals surface area contributed by atoms with E-state index in [1.807, 2.05) is 6.92 Å². The van der Waals surface area contributed by atoms with Gasteiger partial charge in [-0.25, -0.2) is 4.79 Å². The second-order valence-electron chi connectivity index (χ2n) is 7.33. The Kier molecular flexibility index (Phi) is 7.33. The van der Waals surface area contributed by atoms with Gasteiger partial charge in [0.25, 0.3) is 0 Å². The number of hydrogen-bond donors (Lipinski definition) is 0. The standard InChI is InChI=1S/C18H34O3Si/c1-8-20-18(19)12-17-11-16(17)9-10-21-22(13(2)3,14(4)5)15(6)7/h12-16H,8-11H2,1-7H3/b17-12-. The van der Waals surface area contributed by atoms with Gasteiger partial charge in [0.15, 0.2) is 8.32 Å². The maximum Gasteiger partial charge on any atom is 0.330 e. The normalized spacial score (nSPS) is 20.3. The number of carbonyl (C=O) groups excluding carboxylic acids is 1. The van der Waals surface area contributed by atoms with E-state index < -0.39 is 8.32 Å². The molecule has 1 fully saturated rings. The summed E-state index contributed by atoms with van der Waals surface area (Å²) in [5.74, 6) is 0.332. The first-order valence-corrected chi connectivity index (χ1v) is 10.9. The minimum Gasteiger partial charge on any atom is -0.463 e. The molecule has 0 aromatic carbocycles. The summed E-state index contributed by atoms with van der Waals surface area (Å²) >= 11 is 0. The van der Waals surface area contributed by atoms with Crippen LogP contribution in [0.5, 0.6) is 0 Å². The van der Waals surface area contributed by atoms with Crippen molar-refractivity contribution < 1.29 is 14.0 Å². The van der Waals surface area contributed by atoms with E-state index in [0.717, 1.165) is 19.4 Å². The third kappa shape index (κ3) is 4.69. The lowest BCUT2D eigenvalue weighted by Crippen LogP contribution is -2.48. The summed E-state index contributed by atoms with van der Waals surface area (Å²) in [4.78, 5) is 11.4. The first-order chi connectivity index (χ1) is 10.3. The Morgan fingerprint density at radius 3 is 2.18 bits per heavy atom. The topological polar surface area (TPSA) is 35.5 Å². The molecule has 0 heterocycles. The van der Waals surface area contributed by atoms with Crippen LogP contribution < -0.4 is 0 Å². The monoisotopic (exact) mass is 326 g/mol. The summed E-state index contributed by atoms with van der Waals surface area (Å²) in [5.41, 5.74) is 3.11. The van der Waals surface area contributed by atoms with E-state index in [2.05, 4.69) is 41.5 Å². The summed E-state index contributed by atoms with van der Waals surface area (Å²) in [6.45, 7) is 17.0. The number of carbonyl (C=O) groups is 1. The molecule has 0 aliphatic heterocycles. The molecule has 4 heteroatoms. The highest BCUT2D eigenvalue weighted by molar-refractivity contribution is 6.77. The molecule has 1 unspecified atom stereocenters. The van der Waals surface area contributed by atoms with E-state index in [9.17, 15) is 4.79 Å². The van der Waals surface area contributed by atoms with Crippen molar-refractivity contribution in [3.05, 3.63) is 11.6 Å². The van der Waals surface area contributed by atoms with Gasteiger partial charge in [-0.3, -0.25) is 0 Å². The zero-order chi connectivity index (χ0) is 16.9. The Bertz CT molecular complexity index is 377. The minimum absolute atomic E-state index is 0.198. The van der Waals surface area contributed by atoms with Gasteiger partial charge in [0, 0.05) is 12.7 Å². The van der Waals surface area contributed by atoms with Crippen molar-refractivity contribution in [3.63, 3.8) is 0 Å². The average molecular weight is 327 g/mol. The third-order valence-corrected chi connectivity index (χ3v) is 11.1. The van der Waals surface area contributed by atoms with Crippen molar-refractivity contribution in [2.75, 3.05) is 13.2 Å². The molecule has 1 aliphatic carbocycles. The highest BCUT2D eigenvalue weighted by Gasteiger charge is 2.45. The lowest BCUT2D eigenvalue weighted by molar-refractivity contribution is -0.137. The van der Waals surface area contributed by atoms with Crippen LogP contribution in [0.2, 0.25) is 16.6 Å². The summed E-state index contributed by atoms with van der Waals surface area (Å²) in [6.07, 6.45) is 3.74. The molecule has 3 nitrogen and oxygen atoms in total. The Morgan fingerprint density at radius 1 is 1.18 bits per heavy atom. The third-order valence-electron chi connectivity index (χ3n) is 4.96. The van der Waals surface area contributed by atoms with E-state index in [0.29, 0.717) is 29.1 Å².